The van der Waals surface area contributed by atoms with E-state index in [4.69, 9.17) is 0 Å². The van der Waals surface area contributed by atoms with E-state index in [1.54, 1.807) is 13.8 Å². The van der Waals surface area contributed by atoms with Gasteiger partial charge in [-0.2, -0.15) is 0 Å². The van der Waals surface area contributed by atoms with E-state index in [-0.39, 0.29) is 5.69 Å². The lowest BCUT2D eigenvalue weighted by molar-refractivity contribution is -0.384. The number of Topliss-reactive ketones (excluding diaryl/α,β-unsaturated/α-hetero) is 2. The molecular formula is C16H16N2O5. The Balaban J connectivity index is 1.90. The maximum atomic E-state index is 12.8. The molecule has 0 radical (unpaired) electrons. The zero-order chi connectivity index (χ0) is 17.0. The molecule has 2 fully saturated rings. The van der Waals surface area contributed by atoms with Crippen LogP contribution in [0.2, 0.25) is 0 Å². The second kappa shape index (κ2) is 4.71. The molecule has 1 aromatic rings. The van der Waals surface area contributed by atoms with E-state index in [1.807, 2.05) is 0 Å². The van der Waals surface area contributed by atoms with E-state index in [0.29, 0.717) is 18.5 Å². The Hall–Kier alpha value is -2.57. The second-order valence-electron chi connectivity index (χ2n) is 6.67. The van der Waals surface area contributed by atoms with Crippen LogP contribution in [0.4, 0.5) is 11.4 Å². The molecule has 1 N–H and O–H groups in total. The Morgan fingerprint density at radius 1 is 1.26 bits per heavy atom. The summed E-state index contributed by atoms with van der Waals surface area (Å²) in [6.07, 6.45) is 0.888. The van der Waals surface area contributed by atoms with Gasteiger partial charge in [0.15, 0.2) is 0 Å². The predicted molar refractivity (Wildman–Crippen MR) is 80.7 cm³/mol. The highest BCUT2D eigenvalue weighted by molar-refractivity contribution is 6.48. The van der Waals surface area contributed by atoms with Crippen molar-refractivity contribution >= 4 is 28.8 Å². The van der Waals surface area contributed by atoms with Crippen molar-refractivity contribution in [1.29, 1.82) is 0 Å². The van der Waals surface area contributed by atoms with Crippen LogP contribution in [0.5, 0.6) is 0 Å². The van der Waals surface area contributed by atoms with Gasteiger partial charge in [0, 0.05) is 23.7 Å². The summed E-state index contributed by atoms with van der Waals surface area (Å²) < 4.78 is 0. The first-order valence-corrected chi connectivity index (χ1v) is 7.36. The summed E-state index contributed by atoms with van der Waals surface area (Å²) in [5.74, 6) is -1.98. The number of carbonyl (C=O) groups excluding carboxylic acids is 3. The average molecular weight is 316 g/mol. The first kappa shape index (κ1) is 15.3. The number of non-ortho nitro benzene ring substituents is 1. The number of fused-ring (bicyclic) bond motifs is 2. The van der Waals surface area contributed by atoms with Crippen LogP contribution in [0.15, 0.2) is 24.3 Å². The van der Waals surface area contributed by atoms with Gasteiger partial charge in [0.2, 0.25) is 17.5 Å². The van der Waals surface area contributed by atoms with Crippen molar-refractivity contribution in [3.05, 3.63) is 34.4 Å². The molecule has 120 valence electrons. The van der Waals surface area contributed by atoms with Gasteiger partial charge in [-0.25, -0.2) is 0 Å². The number of hydrogen-bond donors (Lipinski definition) is 1. The minimum Gasteiger partial charge on any atom is -0.325 e. The molecule has 2 aliphatic rings. The number of nitrogens with zero attached hydrogens (tertiary/aromatic N) is 1. The first-order valence-electron chi connectivity index (χ1n) is 7.36. The molecule has 2 unspecified atom stereocenters. The van der Waals surface area contributed by atoms with Crippen molar-refractivity contribution in [2.45, 2.75) is 26.7 Å². The van der Waals surface area contributed by atoms with Gasteiger partial charge < -0.3 is 5.32 Å². The van der Waals surface area contributed by atoms with Crippen LogP contribution in [0.3, 0.4) is 0 Å². The Labute approximate surface area is 132 Å². The number of nitrogens with one attached hydrogen (secondary N) is 1. The van der Waals surface area contributed by atoms with Crippen molar-refractivity contribution in [1.82, 2.24) is 0 Å². The van der Waals surface area contributed by atoms with E-state index >= 15 is 0 Å². The van der Waals surface area contributed by atoms with E-state index in [9.17, 15) is 24.5 Å². The summed E-state index contributed by atoms with van der Waals surface area (Å²) in [6.45, 7) is 3.56. The number of amides is 1. The Kier molecular flexibility index (Phi) is 3.14. The third kappa shape index (κ3) is 1.85. The topological polar surface area (TPSA) is 106 Å². The standard InChI is InChI=1S/C16H16N2O5/c1-15(2)11-7-8-16(15,13(20)12(11)19)14(21)17-9-3-5-10(6-4-9)18(22)23/h3-6,11H,7-8H2,1-2H3,(H,17,21). The highest BCUT2D eigenvalue weighted by Crippen LogP contribution is 2.62. The number of ketones is 2. The van der Waals surface area contributed by atoms with E-state index in [2.05, 4.69) is 5.32 Å². The van der Waals surface area contributed by atoms with Crippen LogP contribution >= 0.6 is 0 Å². The molecule has 23 heavy (non-hydrogen) atoms. The Bertz CT molecular complexity index is 737. The summed E-state index contributed by atoms with van der Waals surface area (Å²) in [6, 6.07) is 5.37. The number of benzene rings is 1. The lowest BCUT2D eigenvalue weighted by Crippen LogP contribution is -2.47. The van der Waals surface area contributed by atoms with E-state index < -0.39 is 39.1 Å². The van der Waals surface area contributed by atoms with Gasteiger partial charge >= 0.3 is 0 Å². The molecule has 2 saturated carbocycles. The second-order valence-corrected chi connectivity index (χ2v) is 6.67. The summed E-state index contributed by atoms with van der Waals surface area (Å²) in [7, 11) is 0. The number of nitro benzene ring substituents is 1. The number of rotatable bonds is 3. The molecule has 0 aromatic heterocycles. The van der Waals surface area contributed by atoms with Crippen molar-refractivity contribution in [3.8, 4) is 0 Å². The molecule has 0 aliphatic heterocycles. The maximum Gasteiger partial charge on any atom is 0.269 e. The Morgan fingerprint density at radius 2 is 1.87 bits per heavy atom. The summed E-state index contributed by atoms with van der Waals surface area (Å²) in [5, 5.41) is 13.3. The Morgan fingerprint density at radius 3 is 2.35 bits per heavy atom. The number of nitro groups is 1. The summed E-state index contributed by atoms with van der Waals surface area (Å²) in [5.41, 5.74) is -1.78. The van der Waals surface area contributed by atoms with Crippen molar-refractivity contribution in [2.75, 3.05) is 5.32 Å². The normalized spacial score (nSPS) is 28.0. The van der Waals surface area contributed by atoms with Crippen LogP contribution in [0.1, 0.15) is 26.7 Å². The molecule has 2 aliphatic carbocycles. The molecule has 1 aromatic carbocycles. The quantitative estimate of drug-likeness (QED) is 0.398. The van der Waals surface area contributed by atoms with E-state index in [1.165, 1.54) is 24.3 Å². The molecule has 7 heteroatoms. The zero-order valence-electron chi connectivity index (χ0n) is 12.8. The molecule has 2 atom stereocenters. The average Bonchev–Trinajstić information content (AvgIpc) is 2.84. The highest BCUT2D eigenvalue weighted by Gasteiger charge is 2.72. The van der Waals surface area contributed by atoms with E-state index in [0.717, 1.165) is 0 Å². The summed E-state index contributed by atoms with van der Waals surface area (Å²) >= 11 is 0. The molecule has 2 bridgehead atoms. The van der Waals surface area contributed by atoms with Gasteiger partial charge in [0.1, 0.15) is 5.41 Å². The molecule has 0 saturated heterocycles. The number of hydrogen-bond acceptors (Lipinski definition) is 5. The van der Waals surface area contributed by atoms with Crippen molar-refractivity contribution < 1.29 is 19.3 Å². The van der Waals surface area contributed by atoms with Crippen LogP contribution < -0.4 is 5.32 Å². The maximum absolute atomic E-state index is 12.8. The molecule has 7 nitrogen and oxygen atoms in total. The van der Waals surface area contributed by atoms with Gasteiger partial charge in [0.05, 0.1) is 4.92 Å². The van der Waals surface area contributed by atoms with Crippen LogP contribution in [-0.2, 0) is 14.4 Å². The van der Waals surface area contributed by atoms with Crippen LogP contribution in [0.25, 0.3) is 0 Å². The fraction of sp³-hybridized carbons (Fsp3) is 0.438. The van der Waals surface area contributed by atoms with Gasteiger partial charge in [0.25, 0.3) is 5.69 Å². The fourth-order valence-electron chi connectivity index (χ4n) is 3.99. The molecule has 1 amide bonds. The first-order chi connectivity index (χ1) is 10.7. The number of carbonyl (C=O) groups is 3. The predicted octanol–water partition coefficient (Wildman–Crippen LogP) is 2.11. The van der Waals surface area contributed by atoms with Gasteiger partial charge in [-0.05, 0) is 30.4 Å². The fourth-order valence-corrected chi connectivity index (χ4v) is 3.99. The highest BCUT2D eigenvalue weighted by atomic mass is 16.6. The molecule has 0 spiro atoms. The molecular weight excluding hydrogens is 300 g/mol. The lowest BCUT2D eigenvalue weighted by atomic mass is 9.68. The third-order valence-electron chi connectivity index (χ3n) is 5.43. The smallest absolute Gasteiger partial charge is 0.269 e. The van der Waals surface area contributed by atoms with Crippen LogP contribution in [-0.4, -0.2) is 22.4 Å². The molecule has 0 heterocycles. The monoisotopic (exact) mass is 316 g/mol. The van der Waals surface area contributed by atoms with Crippen molar-refractivity contribution in [3.63, 3.8) is 0 Å². The van der Waals surface area contributed by atoms with Crippen molar-refractivity contribution in [2.24, 2.45) is 16.7 Å². The summed E-state index contributed by atoms with van der Waals surface area (Å²) in [4.78, 5) is 47.3. The zero-order valence-corrected chi connectivity index (χ0v) is 12.8. The minimum atomic E-state index is -1.34. The lowest BCUT2D eigenvalue weighted by Gasteiger charge is -2.33. The van der Waals surface area contributed by atoms with Gasteiger partial charge in [-0.15, -0.1) is 0 Å². The largest absolute Gasteiger partial charge is 0.325 e. The van der Waals surface area contributed by atoms with Crippen LogP contribution in [0, 0.1) is 26.9 Å². The minimum absolute atomic E-state index is 0.0884. The third-order valence-corrected chi connectivity index (χ3v) is 5.43. The SMILES string of the molecule is CC1(C)C2CCC1(C(=O)Nc1ccc([N+](=O)[O-])cc1)C(=O)C2=O. The van der Waals surface area contributed by atoms with Gasteiger partial charge in [-0.1, -0.05) is 13.8 Å². The molecule has 3 rings (SSSR count). The van der Waals surface area contributed by atoms with Gasteiger partial charge in [-0.3, -0.25) is 24.5 Å². The number of anilines is 1.